The van der Waals surface area contributed by atoms with Gasteiger partial charge < -0.3 is 0 Å². The van der Waals surface area contributed by atoms with E-state index >= 15 is 0 Å². The number of aromatic nitrogens is 8. The van der Waals surface area contributed by atoms with Gasteiger partial charge in [0.05, 0.1) is 50.2 Å². The van der Waals surface area contributed by atoms with Gasteiger partial charge in [0.25, 0.3) is 0 Å². The largest absolute Gasteiger partial charge is 0.294 e. The van der Waals surface area contributed by atoms with Crippen molar-refractivity contribution >= 4 is 192 Å². The third-order valence-corrected chi connectivity index (χ3v) is 29.9. The number of fused-ring (bicyclic) bond motifs is 18. The Labute approximate surface area is 732 Å². The third-order valence-electron chi connectivity index (χ3n) is 26.5. The molecule has 126 heavy (non-hydrogen) atoms. The lowest BCUT2D eigenvalue weighted by molar-refractivity contribution is 0.989. The van der Waals surface area contributed by atoms with E-state index in [0.717, 1.165) is 61.7 Å². The van der Waals surface area contributed by atoms with E-state index in [4.69, 9.17) is 15.0 Å². The molecule has 0 radical (unpaired) electrons. The second-order valence-electron chi connectivity index (χ2n) is 33.1. The van der Waals surface area contributed by atoms with E-state index in [-0.39, 0.29) is 0 Å². The summed E-state index contributed by atoms with van der Waals surface area (Å²) in [7, 11) is 0. The van der Waals surface area contributed by atoms with E-state index in [0.29, 0.717) is 11.9 Å². The number of hydrogen-bond donors (Lipinski definition) is 0. The molecule has 0 atom stereocenters. The average Bonchev–Trinajstić information content (AvgIpc) is 1.54. The van der Waals surface area contributed by atoms with Crippen molar-refractivity contribution in [1.29, 1.82) is 0 Å². The van der Waals surface area contributed by atoms with Gasteiger partial charge in [0.1, 0.15) is 5.82 Å². The third kappa shape index (κ3) is 10.1. The minimum absolute atomic E-state index is 0.671. The predicted molar refractivity (Wildman–Crippen MR) is 532 cm³/mol. The molecule has 27 aromatic rings. The first-order chi connectivity index (χ1) is 62.5. The van der Waals surface area contributed by atoms with Gasteiger partial charge >= 0.3 is 0 Å². The lowest BCUT2D eigenvalue weighted by Crippen LogP contribution is -2.04. The molecule has 30 rings (SSSR count). The summed E-state index contributed by atoms with van der Waals surface area (Å²) in [5, 5.41) is 23.3. The van der Waals surface area contributed by atoms with Crippen molar-refractivity contribution in [2.45, 2.75) is 0 Å². The van der Waals surface area contributed by atoms with Crippen LogP contribution in [0.2, 0.25) is 0 Å². The molecule has 0 amide bonds. The molecule has 9 aromatic heterocycles. The highest BCUT2D eigenvalue weighted by Gasteiger charge is 2.32. The first-order valence-corrected chi connectivity index (χ1v) is 45.1. The van der Waals surface area contributed by atoms with Gasteiger partial charge in [-0.1, -0.05) is 261 Å². The SMILES string of the molecule is c1ccc(-c2cc(-c3ccccc3)nc(-n3c4cccc5c4c4c6c(cccc6ccc43)-c3cc4c(cc3-5)sc3ccccc34)n2)cc1.c1ccc(-c2cccc(-n3c4cccc5c4c4c6c(cccc6ccc43)-c3cc4c(cc3-5)sc3ccccc34)n2)cc1.c1cnc(-n2c3cccc4c3c3c5c(cccc5ccc32)-c2cc3c(cc2-4)sc2ccccc23)nc1. The van der Waals surface area contributed by atoms with Crippen molar-refractivity contribution in [2.75, 3.05) is 0 Å². The molecule has 0 unspecified atom stereocenters. The second kappa shape index (κ2) is 26.8. The highest BCUT2D eigenvalue weighted by atomic mass is 32.1. The van der Waals surface area contributed by atoms with Crippen molar-refractivity contribution < 1.29 is 0 Å². The molecule has 0 spiro atoms. The molecule has 3 aliphatic rings. The molecule has 3 aliphatic carbocycles. The van der Waals surface area contributed by atoms with Crippen molar-refractivity contribution in [1.82, 2.24) is 38.6 Å². The van der Waals surface area contributed by atoms with Crippen molar-refractivity contribution in [2.24, 2.45) is 0 Å². The van der Waals surface area contributed by atoms with Gasteiger partial charge in [-0.3, -0.25) is 13.7 Å². The van der Waals surface area contributed by atoms with Gasteiger partial charge in [-0.25, -0.2) is 24.9 Å². The van der Waals surface area contributed by atoms with Gasteiger partial charge in [0, 0.05) is 122 Å². The number of thiophene rings is 3. The average molecular weight is 1650 g/mol. The monoisotopic (exact) mass is 1650 g/mol. The molecule has 9 heterocycles. The van der Waals surface area contributed by atoms with Crippen molar-refractivity contribution in [3.63, 3.8) is 0 Å². The molecule has 0 saturated heterocycles. The standard InChI is InChI=1S/C44H25N3S.C39H22N2S.C32H17N3S/c1-3-11-26(12-4-1)35-25-36(27-13-5-2-6-14-27)46-44(45-35)47-37-19-10-18-31-33-24-40-34(29-16-7-8-20-39(29)48-40)23-32(33)30-17-9-15-28-21-22-38(47)43(41(28)30)42(31)37;1-2-9-23(10-3-1)31-15-8-18-36(40-31)41-32-16-7-14-27-29-22-35-30(25-12-4-5-17-34(25)42-35)21-28(29)26-13-6-11-24-19-20-33(41)39(37(24)26)38(27)32;1-2-11-27-19(7-1)24-16-22-20-8-3-6-18-12-13-26-31(29(18)20)30-21(23(22)17-28(24)36-27)9-4-10-25(30)35(26)32-33-14-5-15-34-32/h1-25H;1-22H;1-17H. The molecule has 582 valence electrons. The van der Waals surface area contributed by atoms with Gasteiger partial charge in [-0.15, -0.1) is 34.0 Å². The molecule has 18 aromatic carbocycles. The maximum atomic E-state index is 5.29. The zero-order valence-electron chi connectivity index (χ0n) is 67.3. The molecule has 8 nitrogen and oxygen atoms in total. The summed E-state index contributed by atoms with van der Waals surface area (Å²) in [6, 6.07) is 136. The van der Waals surface area contributed by atoms with Crippen LogP contribution >= 0.6 is 34.0 Å². The van der Waals surface area contributed by atoms with Crippen LogP contribution in [-0.4, -0.2) is 38.6 Å². The lowest BCUT2D eigenvalue weighted by atomic mass is 9.92. The molecule has 0 N–H and O–H groups in total. The van der Waals surface area contributed by atoms with E-state index in [1.54, 1.807) is 0 Å². The van der Waals surface area contributed by atoms with Crippen LogP contribution in [-0.2, 0) is 0 Å². The summed E-state index contributed by atoms with van der Waals surface area (Å²) in [6.45, 7) is 0. The Balaban J connectivity index is 0.0000000971. The number of pyridine rings is 1. The minimum Gasteiger partial charge on any atom is -0.294 e. The smallest absolute Gasteiger partial charge is 0.235 e. The zero-order chi connectivity index (χ0) is 82.1. The van der Waals surface area contributed by atoms with Gasteiger partial charge in [-0.05, 0) is 214 Å². The molecular weight excluding hydrogens is 1590 g/mol. The van der Waals surface area contributed by atoms with Crippen LogP contribution in [0.4, 0.5) is 0 Å². The van der Waals surface area contributed by atoms with Crippen LogP contribution in [0.25, 0.3) is 276 Å². The Morgan fingerprint density at radius 1 is 0.183 bits per heavy atom. The fourth-order valence-corrected chi connectivity index (χ4v) is 24.6. The summed E-state index contributed by atoms with van der Waals surface area (Å²) >= 11 is 5.64. The van der Waals surface area contributed by atoms with E-state index in [1.807, 2.05) is 70.7 Å². The van der Waals surface area contributed by atoms with E-state index in [9.17, 15) is 0 Å². The molecule has 0 fully saturated rings. The van der Waals surface area contributed by atoms with Crippen LogP contribution < -0.4 is 0 Å². The van der Waals surface area contributed by atoms with Crippen LogP contribution in [0.1, 0.15) is 0 Å². The van der Waals surface area contributed by atoms with Crippen LogP contribution in [0.3, 0.4) is 0 Å². The fourth-order valence-electron chi connectivity index (χ4n) is 21.2. The Bertz CT molecular complexity index is 9370. The lowest BCUT2D eigenvalue weighted by Gasteiger charge is -2.15. The summed E-state index contributed by atoms with van der Waals surface area (Å²) < 4.78 is 14.8. The second-order valence-corrected chi connectivity index (χ2v) is 36.4. The van der Waals surface area contributed by atoms with Crippen LogP contribution in [0.5, 0.6) is 0 Å². The molecule has 0 saturated carbocycles. The molecule has 0 bridgehead atoms. The summed E-state index contributed by atoms with van der Waals surface area (Å²) in [6.07, 6.45) is 3.63. The molecule has 0 aliphatic heterocycles. The summed E-state index contributed by atoms with van der Waals surface area (Å²) in [5.41, 5.74) is 28.3. The maximum absolute atomic E-state index is 5.29. The quantitative estimate of drug-likeness (QED) is 0.166. The number of nitrogens with zero attached hydrogens (tertiary/aromatic N) is 8. The Morgan fingerprint density at radius 3 is 0.921 bits per heavy atom. The minimum atomic E-state index is 0.671. The van der Waals surface area contributed by atoms with E-state index in [2.05, 4.69) is 376 Å². The zero-order valence-corrected chi connectivity index (χ0v) is 69.7. The first kappa shape index (κ1) is 69.7. The van der Waals surface area contributed by atoms with Gasteiger partial charge in [0.2, 0.25) is 11.9 Å². The maximum Gasteiger partial charge on any atom is 0.235 e. The van der Waals surface area contributed by atoms with E-state index < -0.39 is 0 Å². The molecular formula is C115H64N8S3. The summed E-state index contributed by atoms with van der Waals surface area (Å²) in [5.74, 6) is 2.31. The van der Waals surface area contributed by atoms with Crippen molar-refractivity contribution in [3.8, 4) is 118 Å². The number of hydrogen-bond acceptors (Lipinski definition) is 8. The fraction of sp³-hybridized carbons (Fsp3) is 0. The Morgan fingerprint density at radius 2 is 0.508 bits per heavy atom. The Kier molecular flexibility index (Phi) is 14.8. The topological polar surface area (TPSA) is 79.2 Å². The molecule has 11 heteroatoms. The number of benzene rings is 18. The number of rotatable bonds is 6. The highest BCUT2D eigenvalue weighted by Crippen LogP contribution is 2.57. The van der Waals surface area contributed by atoms with E-state index in [1.165, 1.54) is 203 Å². The van der Waals surface area contributed by atoms with Crippen LogP contribution in [0.15, 0.2) is 389 Å². The van der Waals surface area contributed by atoms with Gasteiger partial charge in [-0.2, -0.15) is 0 Å². The highest BCUT2D eigenvalue weighted by molar-refractivity contribution is 7.26. The normalized spacial score (nSPS) is 12.3. The first-order valence-electron chi connectivity index (χ1n) is 42.7. The summed E-state index contributed by atoms with van der Waals surface area (Å²) in [4.78, 5) is 25.0. The van der Waals surface area contributed by atoms with Gasteiger partial charge in [0.15, 0.2) is 0 Å². The van der Waals surface area contributed by atoms with Crippen LogP contribution in [0, 0.1) is 0 Å². The predicted octanol–water partition coefficient (Wildman–Crippen LogP) is 31.8. The Hall–Kier alpha value is -15.9. The van der Waals surface area contributed by atoms with Crippen molar-refractivity contribution in [3.05, 3.63) is 389 Å².